The first-order valence-electron chi connectivity index (χ1n) is 10.5. The topological polar surface area (TPSA) is 39.8 Å². The van der Waals surface area contributed by atoms with Crippen molar-refractivity contribution in [1.29, 1.82) is 0 Å². The Balaban J connectivity index is 1.75. The van der Waals surface area contributed by atoms with Crippen molar-refractivity contribution in [3.63, 3.8) is 0 Å². The summed E-state index contributed by atoms with van der Waals surface area (Å²) in [7, 11) is 0. The molecule has 152 valence electrons. The largest absolute Gasteiger partial charge is 0.345 e. The van der Waals surface area contributed by atoms with Crippen LogP contribution in [0.15, 0.2) is 83.7 Å². The van der Waals surface area contributed by atoms with Crippen LogP contribution in [0.25, 0.3) is 39.6 Å². The average Bonchev–Trinajstić information content (AvgIpc) is 3.08. The van der Waals surface area contributed by atoms with Crippen molar-refractivity contribution in [3.05, 3.63) is 106 Å². The summed E-state index contributed by atoms with van der Waals surface area (Å²) in [6, 6.07) is 25.6. The molecule has 0 bridgehead atoms. The molecule has 5 rings (SSSR count). The molecule has 4 heteroatoms. The molecule has 0 atom stereocenters. The normalized spacial score (nSPS) is 11.7. The van der Waals surface area contributed by atoms with Crippen LogP contribution in [-0.4, -0.2) is 14.1 Å². The van der Waals surface area contributed by atoms with E-state index in [1.807, 2.05) is 60.7 Å². The van der Waals surface area contributed by atoms with Gasteiger partial charge < -0.3 is 4.57 Å². The first-order chi connectivity index (χ1) is 15.2. The monoisotopic (exact) mass is 405 g/mol. The van der Waals surface area contributed by atoms with Gasteiger partial charge in [-0.1, -0.05) is 48.5 Å². The number of hydrogen-bond donors (Lipinski definition) is 0. The second kappa shape index (κ2) is 7.73. The van der Waals surface area contributed by atoms with E-state index in [1.54, 1.807) is 4.57 Å². The van der Waals surface area contributed by atoms with Gasteiger partial charge in [0.25, 0.3) is 5.56 Å². The molecule has 0 aliphatic carbocycles. The van der Waals surface area contributed by atoms with Gasteiger partial charge >= 0.3 is 0 Å². The molecule has 0 unspecified atom stereocenters. The molecule has 0 N–H and O–H groups in total. The number of aromatic nitrogens is 3. The maximum absolute atomic E-state index is 13.4. The van der Waals surface area contributed by atoms with E-state index in [0.717, 1.165) is 17.8 Å². The number of nitrogens with zero attached hydrogens (tertiary/aromatic N) is 3. The number of rotatable bonds is 4. The van der Waals surface area contributed by atoms with Crippen molar-refractivity contribution in [2.75, 3.05) is 0 Å². The van der Waals surface area contributed by atoms with Crippen LogP contribution < -0.4 is 5.56 Å². The van der Waals surface area contributed by atoms with Crippen molar-refractivity contribution in [2.24, 2.45) is 0 Å². The molecule has 4 nitrogen and oxygen atoms in total. The van der Waals surface area contributed by atoms with E-state index in [0.29, 0.717) is 16.7 Å². The van der Waals surface area contributed by atoms with Crippen molar-refractivity contribution in [3.8, 4) is 5.69 Å². The van der Waals surface area contributed by atoms with Crippen molar-refractivity contribution >= 4 is 34.0 Å². The Labute approximate surface area is 180 Å². The van der Waals surface area contributed by atoms with Gasteiger partial charge in [0.15, 0.2) is 0 Å². The fourth-order valence-electron chi connectivity index (χ4n) is 4.32. The van der Waals surface area contributed by atoms with Crippen LogP contribution in [0, 0.1) is 6.92 Å². The Hall–Kier alpha value is -3.92. The number of para-hydroxylation sites is 3. The Bertz CT molecular complexity index is 1490. The van der Waals surface area contributed by atoms with Gasteiger partial charge in [-0.2, -0.15) is 0 Å². The van der Waals surface area contributed by atoms with Gasteiger partial charge in [-0.25, -0.2) is 4.98 Å². The first kappa shape index (κ1) is 19.1. The van der Waals surface area contributed by atoms with Crippen molar-refractivity contribution in [1.82, 2.24) is 14.1 Å². The van der Waals surface area contributed by atoms with Gasteiger partial charge in [-0.3, -0.25) is 9.36 Å². The highest BCUT2D eigenvalue weighted by Crippen LogP contribution is 2.27. The molecule has 0 fully saturated rings. The zero-order chi connectivity index (χ0) is 21.4. The SMILES string of the molecule is CCn1c(C)c(/C=C/c2nc3ccccc3c(=O)n2-c2ccccc2)c2ccccc21. The summed E-state index contributed by atoms with van der Waals surface area (Å²) < 4.78 is 4.00. The van der Waals surface area contributed by atoms with Gasteiger partial charge in [-0.15, -0.1) is 0 Å². The smallest absolute Gasteiger partial charge is 0.266 e. The van der Waals surface area contributed by atoms with Gasteiger partial charge in [0, 0.05) is 28.7 Å². The molecular weight excluding hydrogens is 382 g/mol. The second-order valence-electron chi connectivity index (χ2n) is 7.56. The van der Waals surface area contributed by atoms with Crippen LogP contribution >= 0.6 is 0 Å². The summed E-state index contributed by atoms with van der Waals surface area (Å²) in [4.78, 5) is 18.2. The Morgan fingerprint density at radius 1 is 0.839 bits per heavy atom. The van der Waals surface area contributed by atoms with Crippen LogP contribution in [0.2, 0.25) is 0 Å². The fraction of sp³-hybridized carbons (Fsp3) is 0.111. The van der Waals surface area contributed by atoms with E-state index >= 15 is 0 Å². The summed E-state index contributed by atoms with van der Waals surface area (Å²) in [5.41, 5.74) is 5.01. The number of benzene rings is 3. The maximum Gasteiger partial charge on any atom is 0.266 e. The van der Waals surface area contributed by atoms with Gasteiger partial charge in [0.1, 0.15) is 5.82 Å². The molecule has 0 radical (unpaired) electrons. The minimum Gasteiger partial charge on any atom is -0.345 e. The molecule has 3 aromatic carbocycles. The first-order valence-corrected chi connectivity index (χ1v) is 10.5. The number of aryl methyl sites for hydroxylation is 1. The molecule has 0 saturated heterocycles. The molecule has 0 spiro atoms. The number of fused-ring (bicyclic) bond motifs is 2. The highest BCUT2D eigenvalue weighted by Gasteiger charge is 2.13. The minimum atomic E-state index is -0.0656. The molecule has 31 heavy (non-hydrogen) atoms. The van der Waals surface area contributed by atoms with E-state index in [-0.39, 0.29) is 5.56 Å². The lowest BCUT2D eigenvalue weighted by Gasteiger charge is -2.11. The third-order valence-corrected chi connectivity index (χ3v) is 5.81. The van der Waals surface area contributed by atoms with Gasteiger partial charge in [0.05, 0.1) is 16.6 Å². The predicted molar refractivity (Wildman–Crippen MR) is 129 cm³/mol. The summed E-state index contributed by atoms with van der Waals surface area (Å²) in [6.07, 6.45) is 4.04. The van der Waals surface area contributed by atoms with Crippen LogP contribution in [0.1, 0.15) is 24.0 Å². The van der Waals surface area contributed by atoms with E-state index in [1.165, 1.54) is 16.6 Å². The predicted octanol–water partition coefficient (Wildman–Crippen LogP) is 5.84. The molecule has 2 aromatic heterocycles. The van der Waals surface area contributed by atoms with Gasteiger partial charge in [0.2, 0.25) is 0 Å². The standard InChI is InChI=1S/C27H23N3O/c1-3-29-19(2)21(22-13-8-10-16-25(22)29)17-18-26-28-24-15-9-7-14-23(24)27(31)30(26)20-11-5-4-6-12-20/h4-18H,3H2,1-2H3/b18-17+. The van der Waals surface area contributed by atoms with E-state index in [2.05, 4.69) is 48.8 Å². The number of hydrogen-bond acceptors (Lipinski definition) is 2. The van der Waals surface area contributed by atoms with Gasteiger partial charge in [-0.05, 0) is 56.3 Å². The minimum absolute atomic E-state index is 0.0656. The molecule has 0 aliphatic heterocycles. The van der Waals surface area contributed by atoms with Crippen molar-refractivity contribution in [2.45, 2.75) is 20.4 Å². The zero-order valence-electron chi connectivity index (χ0n) is 17.6. The molecule has 0 saturated carbocycles. The third kappa shape index (κ3) is 3.17. The Morgan fingerprint density at radius 2 is 1.52 bits per heavy atom. The lowest BCUT2D eigenvalue weighted by Crippen LogP contribution is -2.22. The van der Waals surface area contributed by atoms with Crippen LogP contribution in [0.4, 0.5) is 0 Å². The zero-order valence-corrected chi connectivity index (χ0v) is 17.6. The van der Waals surface area contributed by atoms with Crippen LogP contribution in [0.3, 0.4) is 0 Å². The Morgan fingerprint density at radius 3 is 2.29 bits per heavy atom. The third-order valence-electron chi connectivity index (χ3n) is 5.81. The summed E-state index contributed by atoms with van der Waals surface area (Å²) in [6.45, 7) is 5.20. The fourth-order valence-corrected chi connectivity index (χ4v) is 4.32. The summed E-state index contributed by atoms with van der Waals surface area (Å²) in [5, 5.41) is 1.81. The van der Waals surface area contributed by atoms with E-state index < -0.39 is 0 Å². The summed E-state index contributed by atoms with van der Waals surface area (Å²) in [5.74, 6) is 0.614. The summed E-state index contributed by atoms with van der Waals surface area (Å²) >= 11 is 0. The second-order valence-corrected chi connectivity index (χ2v) is 7.56. The molecule has 0 amide bonds. The lowest BCUT2D eigenvalue weighted by atomic mass is 10.1. The highest BCUT2D eigenvalue weighted by molar-refractivity contribution is 5.93. The molecular formula is C27H23N3O. The van der Waals surface area contributed by atoms with Crippen LogP contribution in [0.5, 0.6) is 0 Å². The Kier molecular flexibility index (Phi) is 4.75. The quantitative estimate of drug-likeness (QED) is 0.377. The van der Waals surface area contributed by atoms with Crippen LogP contribution in [-0.2, 0) is 6.54 Å². The van der Waals surface area contributed by atoms with Crippen molar-refractivity contribution < 1.29 is 0 Å². The molecule has 2 heterocycles. The molecule has 0 aliphatic rings. The van der Waals surface area contributed by atoms with E-state index in [9.17, 15) is 4.79 Å². The maximum atomic E-state index is 13.4. The average molecular weight is 406 g/mol. The van der Waals surface area contributed by atoms with E-state index in [4.69, 9.17) is 4.98 Å². The highest BCUT2D eigenvalue weighted by atomic mass is 16.1. The molecule has 5 aromatic rings. The lowest BCUT2D eigenvalue weighted by molar-refractivity contribution is 0.769.